The lowest BCUT2D eigenvalue weighted by atomic mass is 9.78. The number of alkyl halides is 2. The van der Waals surface area contributed by atoms with Crippen LogP contribution in [0.25, 0.3) is 0 Å². The molecule has 0 saturated carbocycles. The SMILES string of the molecule is N[C@@]1(C(=O)Nc2cncc(C(F)F)c2)CCc2cc(Br)ccc2C1. The Kier molecular flexibility index (Phi) is 4.64. The summed E-state index contributed by atoms with van der Waals surface area (Å²) in [5.74, 6) is -0.385. The number of nitrogens with two attached hydrogens (primary N) is 1. The van der Waals surface area contributed by atoms with Gasteiger partial charge in [-0.15, -0.1) is 0 Å². The number of halogens is 3. The predicted octanol–water partition coefficient (Wildman–Crippen LogP) is 3.61. The van der Waals surface area contributed by atoms with Crippen molar-refractivity contribution in [2.45, 2.75) is 31.2 Å². The number of pyridine rings is 1. The van der Waals surface area contributed by atoms with Gasteiger partial charge in [0.15, 0.2) is 0 Å². The van der Waals surface area contributed by atoms with E-state index in [1.54, 1.807) is 0 Å². The molecule has 1 amide bonds. The fraction of sp³-hybridized carbons (Fsp3) is 0.294. The van der Waals surface area contributed by atoms with Crippen molar-refractivity contribution in [1.82, 2.24) is 4.98 Å². The van der Waals surface area contributed by atoms with Crippen LogP contribution in [-0.2, 0) is 17.6 Å². The van der Waals surface area contributed by atoms with E-state index in [4.69, 9.17) is 5.73 Å². The number of carbonyl (C=O) groups is 1. The molecule has 1 heterocycles. The molecule has 24 heavy (non-hydrogen) atoms. The van der Waals surface area contributed by atoms with Gasteiger partial charge in [-0.05, 0) is 48.6 Å². The fourth-order valence-electron chi connectivity index (χ4n) is 2.88. The first-order valence-corrected chi connectivity index (χ1v) is 8.27. The number of nitrogens with one attached hydrogen (secondary N) is 1. The Labute approximate surface area is 146 Å². The Balaban J connectivity index is 1.77. The van der Waals surface area contributed by atoms with Gasteiger partial charge in [-0.25, -0.2) is 8.78 Å². The molecule has 1 atom stereocenters. The van der Waals surface area contributed by atoms with Crippen LogP contribution in [0.2, 0.25) is 0 Å². The maximum atomic E-state index is 12.7. The minimum atomic E-state index is -2.64. The van der Waals surface area contributed by atoms with Crippen LogP contribution in [0.1, 0.15) is 29.5 Å². The Bertz CT molecular complexity index is 784. The van der Waals surface area contributed by atoms with Crippen molar-refractivity contribution in [2.75, 3.05) is 5.32 Å². The summed E-state index contributed by atoms with van der Waals surface area (Å²) in [6.07, 6.45) is 1.36. The number of carbonyl (C=O) groups excluding carboxylic acids is 1. The highest BCUT2D eigenvalue weighted by Gasteiger charge is 2.37. The first-order chi connectivity index (χ1) is 11.4. The molecule has 1 aliphatic carbocycles. The summed E-state index contributed by atoms with van der Waals surface area (Å²) in [6.45, 7) is 0. The zero-order valence-electron chi connectivity index (χ0n) is 12.7. The molecule has 3 rings (SSSR count). The average molecular weight is 396 g/mol. The predicted molar refractivity (Wildman–Crippen MR) is 90.9 cm³/mol. The number of hydrogen-bond donors (Lipinski definition) is 2. The topological polar surface area (TPSA) is 68.0 Å². The highest BCUT2D eigenvalue weighted by atomic mass is 79.9. The molecule has 0 fully saturated rings. The molecule has 3 N–H and O–H groups in total. The molecule has 0 aliphatic heterocycles. The Morgan fingerprint density at radius 2 is 2.08 bits per heavy atom. The van der Waals surface area contributed by atoms with E-state index in [1.165, 1.54) is 17.8 Å². The van der Waals surface area contributed by atoms with Crippen molar-refractivity contribution in [1.29, 1.82) is 0 Å². The van der Waals surface area contributed by atoms with Gasteiger partial charge in [0, 0.05) is 16.2 Å². The summed E-state index contributed by atoms with van der Waals surface area (Å²) in [6, 6.07) is 7.11. The van der Waals surface area contributed by atoms with E-state index in [1.807, 2.05) is 18.2 Å². The quantitative estimate of drug-likeness (QED) is 0.833. The smallest absolute Gasteiger partial charge is 0.265 e. The number of aryl methyl sites for hydroxylation is 1. The molecule has 0 bridgehead atoms. The normalized spacial score (nSPS) is 19.9. The lowest BCUT2D eigenvalue weighted by Gasteiger charge is -2.33. The second-order valence-electron chi connectivity index (χ2n) is 6.01. The fourth-order valence-corrected chi connectivity index (χ4v) is 3.29. The Hall–Kier alpha value is -1.86. The van der Waals surface area contributed by atoms with E-state index >= 15 is 0 Å². The van der Waals surface area contributed by atoms with Crippen molar-refractivity contribution in [3.63, 3.8) is 0 Å². The van der Waals surface area contributed by atoms with Crippen LogP contribution in [0.15, 0.2) is 41.1 Å². The minimum Gasteiger partial charge on any atom is -0.323 e. The second kappa shape index (κ2) is 6.57. The van der Waals surface area contributed by atoms with E-state index in [2.05, 4.69) is 26.2 Å². The van der Waals surface area contributed by atoms with E-state index in [0.29, 0.717) is 19.3 Å². The van der Waals surface area contributed by atoms with Gasteiger partial charge in [0.05, 0.1) is 11.9 Å². The van der Waals surface area contributed by atoms with Crippen molar-refractivity contribution in [2.24, 2.45) is 5.73 Å². The Morgan fingerprint density at radius 1 is 1.29 bits per heavy atom. The van der Waals surface area contributed by atoms with Crippen molar-refractivity contribution in [3.05, 3.63) is 57.8 Å². The molecule has 4 nitrogen and oxygen atoms in total. The number of rotatable bonds is 3. The van der Waals surface area contributed by atoms with Gasteiger partial charge >= 0.3 is 0 Å². The summed E-state index contributed by atoms with van der Waals surface area (Å²) < 4.78 is 26.5. The third kappa shape index (κ3) is 3.47. The molecular formula is C17H16BrF2N3O. The molecule has 0 saturated heterocycles. The number of aromatic nitrogens is 1. The number of benzene rings is 1. The van der Waals surface area contributed by atoms with E-state index in [9.17, 15) is 13.6 Å². The third-order valence-corrected chi connectivity index (χ3v) is 4.73. The standard InChI is InChI=1S/C17H16BrF2N3O/c18-13-2-1-11-7-17(21,4-3-10(11)5-13)16(24)23-14-6-12(15(19)20)8-22-9-14/h1-2,5-6,8-9,15H,3-4,7,21H2,(H,23,24)/t17-/m0/s1. The number of anilines is 1. The second-order valence-corrected chi connectivity index (χ2v) is 6.92. The molecule has 2 aromatic rings. The number of amides is 1. The molecule has 1 aliphatic rings. The highest BCUT2D eigenvalue weighted by Crippen LogP contribution is 2.30. The molecular weight excluding hydrogens is 380 g/mol. The van der Waals surface area contributed by atoms with E-state index < -0.39 is 12.0 Å². The number of fused-ring (bicyclic) bond motifs is 1. The van der Waals surface area contributed by atoms with Crippen molar-refractivity contribution < 1.29 is 13.6 Å². The summed E-state index contributed by atoms with van der Waals surface area (Å²) in [7, 11) is 0. The summed E-state index contributed by atoms with van der Waals surface area (Å²) in [5.41, 5.74) is 7.42. The minimum absolute atomic E-state index is 0.226. The van der Waals surface area contributed by atoms with Crippen LogP contribution in [0.4, 0.5) is 14.5 Å². The molecule has 7 heteroatoms. The maximum Gasteiger partial charge on any atom is 0.265 e. The highest BCUT2D eigenvalue weighted by molar-refractivity contribution is 9.10. The zero-order valence-corrected chi connectivity index (χ0v) is 14.3. The summed E-state index contributed by atoms with van der Waals surface area (Å²) in [4.78, 5) is 16.3. The molecule has 0 radical (unpaired) electrons. The van der Waals surface area contributed by atoms with E-state index in [-0.39, 0.29) is 17.2 Å². The van der Waals surface area contributed by atoms with Gasteiger partial charge < -0.3 is 11.1 Å². The van der Waals surface area contributed by atoms with Gasteiger partial charge in [-0.3, -0.25) is 9.78 Å². The lowest BCUT2D eigenvalue weighted by Crippen LogP contribution is -2.54. The van der Waals surface area contributed by atoms with Crippen LogP contribution in [0, 0.1) is 0 Å². The molecule has 1 aromatic carbocycles. The molecule has 0 unspecified atom stereocenters. The van der Waals surface area contributed by atoms with Crippen molar-refractivity contribution >= 4 is 27.5 Å². The Morgan fingerprint density at radius 3 is 2.83 bits per heavy atom. The van der Waals surface area contributed by atoms with Crippen LogP contribution < -0.4 is 11.1 Å². The van der Waals surface area contributed by atoms with Crippen LogP contribution in [0.3, 0.4) is 0 Å². The number of hydrogen-bond acceptors (Lipinski definition) is 3. The maximum absolute atomic E-state index is 12.7. The first-order valence-electron chi connectivity index (χ1n) is 7.48. The number of nitrogens with zero attached hydrogens (tertiary/aromatic N) is 1. The van der Waals surface area contributed by atoms with Gasteiger partial charge in [-0.2, -0.15) is 0 Å². The van der Waals surface area contributed by atoms with Crippen molar-refractivity contribution in [3.8, 4) is 0 Å². The largest absolute Gasteiger partial charge is 0.323 e. The van der Waals surface area contributed by atoms with Gasteiger partial charge in [0.25, 0.3) is 6.43 Å². The average Bonchev–Trinajstić information content (AvgIpc) is 2.55. The molecule has 0 spiro atoms. The van der Waals surface area contributed by atoms with Crippen LogP contribution in [0.5, 0.6) is 0 Å². The van der Waals surface area contributed by atoms with E-state index in [0.717, 1.165) is 16.2 Å². The van der Waals surface area contributed by atoms with Gasteiger partial charge in [0.1, 0.15) is 5.54 Å². The third-order valence-electron chi connectivity index (χ3n) is 4.24. The molecule has 1 aromatic heterocycles. The summed E-state index contributed by atoms with van der Waals surface area (Å²) >= 11 is 3.43. The summed E-state index contributed by atoms with van der Waals surface area (Å²) in [5, 5.41) is 2.62. The first kappa shape index (κ1) is 17.0. The molecule has 126 valence electrons. The van der Waals surface area contributed by atoms with Crippen LogP contribution >= 0.6 is 15.9 Å². The van der Waals surface area contributed by atoms with Gasteiger partial charge in [-0.1, -0.05) is 22.0 Å². The van der Waals surface area contributed by atoms with Crippen LogP contribution in [-0.4, -0.2) is 16.4 Å². The van der Waals surface area contributed by atoms with Gasteiger partial charge in [0.2, 0.25) is 5.91 Å². The zero-order chi connectivity index (χ0) is 17.3. The lowest BCUT2D eigenvalue weighted by molar-refractivity contribution is -0.121. The monoisotopic (exact) mass is 395 g/mol.